The summed E-state index contributed by atoms with van der Waals surface area (Å²) in [6, 6.07) is 8.87. The maximum Gasteiger partial charge on any atom is 0.327 e. The summed E-state index contributed by atoms with van der Waals surface area (Å²) in [7, 11) is 1.83. The average molecular weight is 391 g/mol. The molecule has 6 nitrogen and oxygen atoms in total. The lowest BCUT2D eigenvalue weighted by atomic mass is 10.0. The SMILES string of the molecule is Cn1c(-c2ccccc2)nc(Cl)c1C(C(=O)O)N1CCN(C(C)(C)C)CC1. The molecule has 0 bridgehead atoms. The van der Waals surface area contributed by atoms with E-state index < -0.39 is 12.0 Å². The molecule has 3 rings (SSSR count). The molecule has 2 aromatic rings. The fraction of sp³-hybridized carbons (Fsp3) is 0.500. The van der Waals surface area contributed by atoms with E-state index in [4.69, 9.17) is 11.6 Å². The van der Waals surface area contributed by atoms with Gasteiger partial charge in [-0.2, -0.15) is 0 Å². The topological polar surface area (TPSA) is 61.6 Å². The zero-order chi connectivity index (χ0) is 19.8. The first-order valence-electron chi connectivity index (χ1n) is 9.19. The van der Waals surface area contributed by atoms with Gasteiger partial charge >= 0.3 is 5.97 Å². The van der Waals surface area contributed by atoms with E-state index in [2.05, 4.69) is 30.7 Å². The lowest BCUT2D eigenvalue weighted by Crippen LogP contribution is -2.55. The number of halogens is 1. The van der Waals surface area contributed by atoms with Crippen molar-refractivity contribution < 1.29 is 9.90 Å². The molecule has 1 aromatic carbocycles. The van der Waals surface area contributed by atoms with Crippen molar-refractivity contribution in [1.29, 1.82) is 0 Å². The lowest BCUT2D eigenvalue weighted by molar-refractivity contribution is -0.145. The minimum atomic E-state index is -0.899. The van der Waals surface area contributed by atoms with Gasteiger partial charge in [-0.25, -0.2) is 4.98 Å². The highest BCUT2D eigenvalue weighted by Crippen LogP contribution is 2.33. The molecule has 1 fully saturated rings. The number of piperazine rings is 1. The largest absolute Gasteiger partial charge is 0.480 e. The molecular weight excluding hydrogens is 364 g/mol. The molecule has 1 unspecified atom stereocenters. The van der Waals surface area contributed by atoms with Crippen LogP contribution in [0.1, 0.15) is 32.5 Å². The fourth-order valence-corrected chi connectivity index (χ4v) is 4.03. The maximum absolute atomic E-state index is 12.2. The van der Waals surface area contributed by atoms with Crippen LogP contribution in [0.15, 0.2) is 30.3 Å². The predicted molar refractivity (Wildman–Crippen MR) is 107 cm³/mol. The van der Waals surface area contributed by atoms with Gasteiger partial charge in [0.2, 0.25) is 0 Å². The number of hydrogen-bond acceptors (Lipinski definition) is 4. The van der Waals surface area contributed by atoms with Gasteiger partial charge in [-0.3, -0.25) is 14.6 Å². The van der Waals surface area contributed by atoms with Crippen LogP contribution < -0.4 is 0 Å². The highest BCUT2D eigenvalue weighted by atomic mass is 35.5. The molecule has 1 aliphatic rings. The van der Waals surface area contributed by atoms with E-state index in [1.807, 2.05) is 46.8 Å². The molecule has 1 aliphatic heterocycles. The summed E-state index contributed by atoms with van der Waals surface area (Å²) in [5, 5.41) is 10.2. The van der Waals surface area contributed by atoms with Crippen LogP contribution in [0.4, 0.5) is 0 Å². The fourth-order valence-electron chi connectivity index (χ4n) is 3.72. The van der Waals surface area contributed by atoms with Gasteiger partial charge in [0.1, 0.15) is 5.82 Å². The Kier molecular flexibility index (Phi) is 5.60. The Balaban J connectivity index is 1.91. The van der Waals surface area contributed by atoms with Crippen molar-refractivity contribution in [1.82, 2.24) is 19.4 Å². The van der Waals surface area contributed by atoms with Crippen molar-refractivity contribution in [2.45, 2.75) is 32.4 Å². The van der Waals surface area contributed by atoms with Gasteiger partial charge in [-0.1, -0.05) is 41.9 Å². The third-order valence-corrected chi connectivity index (χ3v) is 5.53. The first-order chi connectivity index (χ1) is 12.7. The summed E-state index contributed by atoms with van der Waals surface area (Å²) in [5.41, 5.74) is 1.53. The van der Waals surface area contributed by atoms with Crippen LogP contribution >= 0.6 is 11.6 Å². The van der Waals surface area contributed by atoms with Crippen LogP contribution in [0.3, 0.4) is 0 Å². The first-order valence-corrected chi connectivity index (χ1v) is 9.57. The zero-order valence-corrected chi connectivity index (χ0v) is 17.1. The number of aromatic nitrogens is 2. The minimum Gasteiger partial charge on any atom is -0.480 e. The second kappa shape index (κ2) is 7.62. The third kappa shape index (κ3) is 4.03. The maximum atomic E-state index is 12.2. The molecule has 7 heteroatoms. The quantitative estimate of drug-likeness (QED) is 0.868. The highest BCUT2D eigenvalue weighted by Gasteiger charge is 2.36. The molecule has 0 aliphatic carbocycles. The summed E-state index contributed by atoms with van der Waals surface area (Å²) in [6.45, 7) is 9.56. The first kappa shape index (κ1) is 19.9. The number of aliphatic carboxylic acids is 1. The summed E-state index contributed by atoms with van der Waals surface area (Å²) in [6.07, 6.45) is 0. The number of hydrogen-bond donors (Lipinski definition) is 1. The van der Waals surface area contributed by atoms with Crippen LogP contribution in [0.2, 0.25) is 5.15 Å². The molecule has 146 valence electrons. The van der Waals surface area contributed by atoms with Gasteiger partial charge in [0, 0.05) is 44.3 Å². The van der Waals surface area contributed by atoms with Crippen molar-refractivity contribution in [3.05, 3.63) is 41.2 Å². The molecule has 0 spiro atoms. The Bertz CT molecular complexity index is 805. The highest BCUT2D eigenvalue weighted by molar-refractivity contribution is 6.30. The van der Waals surface area contributed by atoms with Crippen molar-refractivity contribution in [3.63, 3.8) is 0 Å². The van der Waals surface area contributed by atoms with E-state index in [1.54, 1.807) is 0 Å². The molecule has 0 saturated carbocycles. The van der Waals surface area contributed by atoms with E-state index >= 15 is 0 Å². The van der Waals surface area contributed by atoms with Gasteiger partial charge in [0.25, 0.3) is 0 Å². The standard InChI is InChI=1S/C20H27ClN4O2/c1-20(2,3)25-12-10-24(11-13-25)16(19(26)27)15-17(21)22-18(23(15)4)14-8-6-5-7-9-14/h5-9,16H,10-13H2,1-4H3,(H,26,27). The summed E-state index contributed by atoms with van der Waals surface area (Å²) in [5.74, 6) is -0.223. The Hall–Kier alpha value is -1.89. The van der Waals surface area contributed by atoms with Crippen LogP contribution in [0.25, 0.3) is 11.4 Å². The van der Waals surface area contributed by atoms with E-state index in [0.717, 1.165) is 18.7 Å². The van der Waals surface area contributed by atoms with Crippen molar-refractivity contribution in [2.75, 3.05) is 26.2 Å². The van der Waals surface area contributed by atoms with E-state index in [-0.39, 0.29) is 10.7 Å². The average Bonchev–Trinajstić information content (AvgIpc) is 2.91. The van der Waals surface area contributed by atoms with Crippen LogP contribution in [0.5, 0.6) is 0 Å². The van der Waals surface area contributed by atoms with E-state index in [9.17, 15) is 9.90 Å². The van der Waals surface area contributed by atoms with Gasteiger partial charge in [-0.05, 0) is 20.8 Å². The minimum absolute atomic E-state index is 0.0788. The van der Waals surface area contributed by atoms with Gasteiger partial charge < -0.3 is 9.67 Å². The van der Waals surface area contributed by atoms with Crippen molar-refractivity contribution in [3.8, 4) is 11.4 Å². The molecule has 0 amide bonds. The monoisotopic (exact) mass is 390 g/mol. The lowest BCUT2D eigenvalue weighted by Gasteiger charge is -2.43. The molecule has 1 saturated heterocycles. The van der Waals surface area contributed by atoms with Crippen molar-refractivity contribution >= 4 is 17.6 Å². The molecule has 1 N–H and O–H groups in total. The Morgan fingerprint density at radius 3 is 2.26 bits per heavy atom. The molecule has 0 radical (unpaired) electrons. The molecule has 1 atom stereocenters. The third-order valence-electron chi connectivity index (χ3n) is 5.25. The van der Waals surface area contributed by atoms with Gasteiger partial charge in [0.15, 0.2) is 11.2 Å². The smallest absolute Gasteiger partial charge is 0.327 e. The van der Waals surface area contributed by atoms with Crippen molar-refractivity contribution in [2.24, 2.45) is 7.05 Å². The summed E-state index contributed by atoms with van der Waals surface area (Å²) < 4.78 is 1.81. The zero-order valence-electron chi connectivity index (χ0n) is 16.3. The molecular formula is C20H27ClN4O2. The number of rotatable bonds is 4. The van der Waals surface area contributed by atoms with Gasteiger partial charge in [-0.15, -0.1) is 0 Å². The summed E-state index contributed by atoms with van der Waals surface area (Å²) in [4.78, 5) is 21.0. The summed E-state index contributed by atoms with van der Waals surface area (Å²) >= 11 is 6.43. The number of imidazole rings is 1. The Morgan fingerprint density at radius 1 is 1.15 bits per heavy atom. The number of nitrogens with zero attached hydrogens (tertiary/aromatic N) is 4. The Morgan fingerprint density at radius 2 is 1.74 bits per heavy atom. The number of carboxylic acids is 1. The predicted octanol–water partition coefficient (Wildman–Crippen LogP) is 3.28. The number of carboxylic acid groups (broad SMARTS) is 1. The molecule has 2 heterocycles. The van der Waals surface area contributed by atoms with Crippen LogP contribution in [-0.4, -0.2) is 62.1 Å². The number of carbonyl (C=O) groups is 1. The Labute approximate surface area is 165 Å². The van der Waals surface area contributed by atoms with Crippen LogP contribution in [-0.2, 0) is 11.8 Å². The number of benzene rings is 1. The second-order valence-corrected chi connectivity index (χ2v) is 8.33. The normalized spacial score (nSPS) is 17.8. The van der Waals surface area contributed by atoms with Gasteiger partial charge in [0.05, 0.1) is 5.69 Å². The molecule has 1 aromatic heterocycles. The molecule has 27 heavy (non-hydrogen) atoms. The second-order valence-electron chi connectivity index (χ2n) is 7.97. The van der Waals surface area contributed by atoms with E-state index in [1.165, 1.54) is 0 Å². The van der Waals surface area contributed by atoms with E-state index in [0.29, 0.717) is 24.6 Å². The van der Waals surface area contributed by atoms with Crippen LogP contribution in [0, 0.1) is 0 Å².